The van der Waals surface area contributed by atoms with Crippen molar-refractivity contribution in [2.24, 2.45) is 0 Å². The summed E-state index contributed by atoms with van der Waals surface area (Å²) in [5, 5.41) is 13.7. The van der Waals surface area contributed by atoms with E-state index < -0.39 is 0 Å². The lowest BCUT2D eigenvalue weighted by molar-refractivity contribution is 0.426. The molecule has 0 spiro atoms. The first-order chi connectivity index (χ1) is 12.3. The van der Waals surface area contributed by atoms with E-state index in [9.17, 15) is 0 Å². The molecule has 0 radical (unpaired) electrons. The summed E-state index contributed by atoms with van der Waals surface area (Å²) < 4.78 is 7.32. The van der Waals surface area contributed by atoms with Gasteiger partial charge in [0.05, 0.1) is 5.75 Å². The van der Waals surface area contributed by atoms with Crippen LogP contribution in [-0.2, 0) is 11.5 Å². The van der Waals surface area contributed by atoms with Crippen LogP contribution in [0.2, 0.25) is 0 Å². The van der Waals surface area contributed by atoms with Crippen molar-refractivity contribution in [1.29, 1.82) is 0 Å². The van der Waals surface area contributed by atoms with Crippen LogP contribution >= 0.6 is 23.5 Å². The molecule has 3 aromatic heterocycles. The molecule has 7 nitrogen and oxygen atoms in total. The molecule has 0 N–H and O–H groups in total. The Hall–Kier alpha value is -2.39. The summed E-state index contributed by atoms with van der Waals surface area (Å²) >= 11 is 2.97. The van der Waals surface area contributed by atoms with Crippen LogP contribution in [0.25, 0.3) is 5.78 Å². The highest BCUT2D eigenvalue weighted by Crippen LogP contribution is 2.24. The smallest absolute Gasteiger partial charge is 0.276 e. The van der Waals surface area contributed by atoms with E-state index in [1.165, 1.54) is 29.1 Å². The minimum absolute atomic E-state index is 0.523. The summed E-state index contributed by atoms with van der Waals surface area (Å²) in [4.78, 5) is 8.71. The zero-order valence-corrected chi connectivity index (χ0v) is 15.0. The van der Waals surface area contributed by atoms with E-state index >= 15 is 0 Å². The molecule has 0 fully saturated rings. The van der Waals surface area contributed by atoms with Gasteiger partial charge in [0.1, 0.15) is 0 Å². The molecule has 4 rings (SSSR count). The molecule has 0 unspecified atom stereocenters. The van der Waals surface area contributed by atoms with Gasteiger partial charge in [-0.25, -0.2) is 9.50 Å². The molecule has 3 heterocycles. The number of nitrogens with zero attached hydrogens (tertiary/aromatic N) is 6. The third-order valence-electron chi connectivity index (χ3n) is 3.31. The van der Waals surface area contributed by atoms with Crippen molar-refractivity contribution in [3.05, 3.63) is 59.7 Å². The fraction of sp³-hybridized carbons (Fsp3) is 0.188. The van der Waals surface area contributed by atoms with Crippen molar-refractivity contribution < 1.29 is 4.42 Å². The van der Waals surface area contributed by atoms with Gasteiger partial charge in [0.2, 0.25) is 11.0 Å². The molecule has 0 saturated carbocycles. The molecule has 0 amide bonds. The Morgan fingerprint density at radius 2 is 1.88 bits per heavy atom. The molecule has 0 aliphatic heterocycles. The van der Waals surface area contributed by atoms with Gasteiger partial charge >= 0.3 is 0 Å². The van der Waals surface area contributed by atoms with E-state index in [4.69, 9.17) is 4.42 Å². The summed E-state index contributed by atoms with van der Waals surface area (Å²) in [5.41, 5.74) is 2.13. The van der Waals surface area contributed by atoms with Gasteiger partial charge in [-0.05, 0) is 18.6 Å². The molecule has 25 heavy (non-hydrogen) atoms. The number of aromatic nitrogens is 6. The second-order valence-corrected chi connectivity index (χ2v) is 7.10. The van der Waals surface area contributed by atoms with Gasteiger partial charge in [0.25, 0.3) is 11.0 Å². The van der Waals surface area contributed by atoms with Crippen LogP contribution < -0.4 is 0 Å². The van der Waals surface area contributed by atoms with Crippen molar-refractivity contribution >= 4 is 29.3 Å². The number of fused-ring (bicyclic) bond motifs is 1. The normalized spacial score (nSPS) is 11.2. The van der Waals surface area contributed by atoms with Crippen molar-refractivity contribution in [3.8, 4) is 0 Å². The second kappa shape index (κ2) is 7.24. The standard InChI is InChI=1S/C16H14N6OS2/c1-11-7-8-22-14(17-11)18-15(21-22)24-10-13-19-20-16(23-13)25-9-12-5-3-2-4-6-12/h2-8H,9-10H2,1H3. The lowest BCUT2D eigenvalue weighted by Gasteiger charge is -1.96. The van der Waals surface area contributed by atoms with Gasteiger partial charge in [-0.1, -0.05) is 53.9 Å². The van der Waals surface area contributed by atoms with Crippen molar-refractivity contribution in [3.63, 3.8) is 0 Å². The van der Waals surface area contributed by atoms with Crippen LogP contribution in [0.3, 0.4) is 0 Å². The Morgan fingerprint density at radius 3 is 2.76 bits per heavy atom. The quantitative estimate of drug-likeness (QED) is 0.478. The Morgan fingerprint density at radius 1 is 1.00 bits per heavy atom. The maximum absolute atomic E-state index is 5.66. The third-order valence-corrected chi connectivity index (χ3v) is 5.02. The van der Waals surface area contributed by atoms with Crippen molar-refractivity contribution in [1.82, 2.24) is 29.8 Å². The van der Waals surface area contributed by atoms with Crippen LogP contribution in [0.5, 0.6) is 0 Å². The Kier molecular flexibility index (Phi) is 4.66. The lowest BCUT2D eigenvalue weighted by Crippen LogP contribution is -1.90. The SMILES string of the molecule is Cc1ccn2nc(SCc3nnc(SCc4ccccc4)o3)nc2n1. The molecule has 126 valence electrons. The lowest BCUT2D eigenvalue weighted by atomic mass is 10.2. The highest BCUT2D eigenvalue weighted by molar-refractivity contribution is 7.98. The van der Waals surface area contributed by atoms with Gasteiger partial charge in [-0.3, -0.25) is 0 Å². The highest BCUT2D eigenvalue weighted by Gasteiger charge is 2.11. The van der Waals surface area contributed by atoms with Crippen LogP contribution in [-0.4, -0.2) is 29.8 Å². The van der Waals surface area contributed by atoms with E-state index in [-0.39, 0.29) is 0 Å². The zero-order valence-electron chi connectivity index (χ0n) is 13.4. The molecular formula is C16H14N6OS2. The van der Waals surface area contributed by atoms with E-state index in [2.05, 4.69) is 37.4 Å². The second-order valence-electron chi connectivity index (χ2n) is 5.23. The first-order valence-electron chi connectivity index (χ1n) is 7.58. The summed E-state index contributed by atoms with van der Waals surface area (Å²) in [6.07, 6.45) is 1.85. The van der Waals surface area contributed by atoms with Crippen LogP contribution in [0.1, 0.15) is 17.1 Å². The Labute approximate surface area is 152 Å². The number of benzene rings is 1. The van der Waals surface area contributed by atoms with Crippen LogP contribution in [0.15, 0.2) is 57.4 Å². The fourth-order valence-electron chi connectivity index (χ4n) is 2.11. The molecule has 0 aliphatic rings. The number of aryl methyl sites for hydroxylation is 1. The van der Waals surface area contributed by atoms with E-state index in [0.717, 1.165) is 11.4 Å². The molecule has 0 aliphatic carbocycles. The average Bonchev–Trinajstić information content (AvgIpc) is 3.25. The summed E-state index contributed by atoms with van der Waals surface area (Å²) in [6, 6.07) is 12.1. The Balaban J connectivity index is 1.35. The summed E-state index contributed by atoms with van der Waals surface area (Å²) in [6.45, 7) is 1.93. The average molecular weight is 370 g/mol. The molecule has 0 atom stereocenters. The number of hydrogen-bond acceptors (Lipinski definition) is 8. The first kappa shape index (κ1) is 16.1. The number of thioether (sulfide) groups is 2. The first-order valence-corrected chi connectivity index (χ1v) is 9.55. The molecule has 1 aromatic carbocycles. The van der Waals surface area contributed by atoms with Crippen LogP contribution in [0.4, 0.5) is 0 Å². The molecule has 0 saturated heterocycles. The third kappa shape index (κ3) is 3.99. The molecule has 9 heteroatoms. The van der Waals surface area contributed by atoms with E-state index in [1.807, 2.05) is 37.4 Å². The Bertz CT molecular complexity index is 985. The monoisotopic (exact) mass is 370 g/mol. The topological polar surface area (TPSA) is 82.0 Å². The van der Waals surface area contributed by atoms with Gasteiger partial charge in [-0.2, -0.15) is 4.98 Å². The molecule has 0 bridgehead atoms. The maximum Gasteiger partial charge on any atom is 0.276 e. The van der Waals surface area contributed by atoms with Gasteiger partial charge in [0.15, 0.2) is 0 Å². The number of rotatable bonds is 6. The van der Waals surface area contributed by atoms with Gasteiger partial charge in [0, 0.05) is 17.6 Å². The maximum atomic E-state index is 5.66. The minimum Gasteiger partial charge on any atom is -0.415 e. The minimum atomic E-state index is 0.523. The van der Waals surface area contributed by atoms with Crippen molar-refractivity contribution in [2.75, 3.05) is 0 Å². The van der Waals surface area contributed by atoms with Crippen molar-refractivity contribution in [2.45, 2.75) is 28.8 Å². The molecular weight excluding hydrogens is 356 g/mol. The van der Waals surface area contributed by atoms with Crippen LogP contribution in [0, 0.1) is 6.92 Å². The number of hydrogen-bond donors (Lipinski definition) is 0. The largest absolute Gasteiger partial charge is 0.415 e. The van der Waals surface area contributed by atoms with E-state index in [1.54, 1.807) is 4.52 Å². The highest BCUT2D eigenvalue weighted by atomic mass is 32.2. The van der Waals surface area contributed by atoms with Gasteiger partial charge in [-0.15, -0.1) is 15.3 Å². The van der Waals surface area contributed by atoms with E-state index in [0.29, 0.717) is 27.8 Å². The zero-order chi connectivity index (χ0) is 17.1. The fourth-order valence-corrected chi connectivity index (χ4v) is 3.50. The summed E-state index contributed by atoms with van der Waals surface area (Å²) in [7, 11) is 0. The predicted molar refractivity (Wildman–Crippen MR) is 95.4 cm³/mol. The summed E-state index contributed by atoms with van der Waals surface area (Å²) in [5.74, 6) is 2.47. The predicted octanol–water partition coefficient (Wildman–Crippen LogP) is 3.40. The molecule has 4 aromatic rings. The van der Waals surface area contributed by atoms with Gasteiger partial charge < -0.3 is 4.42 Å².